The molecule has 0 saturated carbocycles. The van der Waals surface area contributed by atoms with Crippen LogP contribution in [0.2, 0.25) is 0 Å². The van der Waals surface area contributed by atoms with Crippen LogP contribution in [0, 0.1) is 0 Å². The van der Waals surface area contributed by atoms with E-state index in [0.29, 0.717) is 0 Å². The van der Waals surface area contributed by atoms with Crippen LogP contribution in [0.15, 0.2) is 36.5 Å². The Labute approximate surface area is 104 Å². The number of benzene rings is 1. The fourth-order valence-corrected chi connectivity index (χ4v) is 1.81. The molecule has 0 bridgehead atoms. The van der Waals surface area contributed by atoms with Gasteiger partial charge in [-0.1, -0.05) is 30.3 Å². The van der Waals surface area contributed by atoms with Crippen molar-refractivity contribution >= 4 is 5.57 Å². The van der Waals surface area contributed by atoms with Gasteiger partial charge in [0.1, 0.15) is 6.23 Å². The maximum absolute atomic E-state index is 5.56. The maximum atomic E-state index is 5.56. The molecule has 0 N–H and O–H groups in total. The van der Waals surface area contributed by atoms with Gasteiger partial charge in [-0.2, -0.15) is 0 Å². The van der Waals surface area contributed by atoms with Gasteiger partial charge in [-0.05, 0) is 19.7 Å². The van der Waals surface area contributed by atoms with Crippen LogP contribution in [0.4, 0.5) is 0 Å². The van der Waals surface area contributed by atoms with Gasteiger partial charge in [0.15, 0.2) is 0 Å². The number of nitrogens with zero attached hydrogens (tertiary/aromatic N) is 2. The molecule has 1 unspecified atom stereocenters. The van der Waals surface area contributed by atoms with Crippen LogP contribution in [0.1, 0.15) is 5.56 Å². The highest BCUT2D eigenvalue weighted by Gasteiger charge is 2.17. The Hall–Kier alpha value is -1.32. The smallest absolute Gasteiger partial charge is 0.137 e. The minimum absolute atomic E-state index is 0.0419. The van der Waals surface area contributed by atoms with Gasteiger partial charge in [0.25, 0.3) is 0 Å². The van der Waals surface area contributed by atoms with Gasteiger partial charge in [-0.3, -0.25) is 4.90 Å². The van der Waals surface area contributed by atoms with Crippen LogP contribution in [-0.2, 0) is 4.74 Å². The van der Waals surface area contributed by atoms with E-state index in [9.17, 15) is 0 Å². The molecular formula is C14H22N2O. The van der Waals surface area contributed by atoms with E-state index in [0.717, 1.165) is 5.57 Å². The average Bonchev–Trinajstić information content (AvgIpc) is 2.29. The first-order valence-electron chi connectivity index (χ1n) is 5.69. The van der Waals surface area contributed by atoms with Crippen LogP contribution >= 0.6 is 0 Å². The minimum atomic E-state index is -0.0419. The standard InChI is InChI=1S/C14H22N2O/c1-15(2)11-13(14(17-5)16(3)4)12-9-7-6-8-10-12/h6-11,14H,1-5H3/b13-11+. The first-order chi connectivity index (χ1) is 8.06. The summed E-state index contributed by atoms with van der Waals surface area (Å²) in [6.45, 7) is 0. The predicted molar refractivity (Wildman–Crippen MR) is 72.6 cm³/mol. The molecule has 17 heavy (non-hydrogen) atoms. The highest BCUT2D eigenvalue weighted by atomic mass is 16.5. The molecular weight excluding hydrogens is 212 g/mol. The molecule has 0 amide bonds. The lowest BCUT2D eigenvalue weighted by Gasteiger charge is -2.27. The molecule has 3 heteroatoms. The van der Waals surface area contributed by atoms with Crippen molar-refractivity contribution in [1.29, 1.82) is 0 Å². The van der Waals surface area contributed by atoms with E-state index in [1.54, 1.807) is 7.11 Å². The van der Waals surface area contributed by atoms with Crippen molar-refractivity contribution in [2.24, 2.45) is 0 Å². The van der Waals surface area contributed by atoms with E-state index in [4.69, 9.17) is 4.74 Å². The lowest BCUT2D eigenvalue weighted by atomic mass is 10.0. The van der Waals surface area contributed by atoms with Crippen molar-refractivity contribution in [3.63, 3.8) is 0 Å². The third-order valence-electron chi connectivity index (χ3n) is 2.46. The molecule has 0 heterocycles. The molecule has 0 saturated heterocycles. The van der Waals surface area contributed by atoms with Crippen molar-refractivity contribution < 1.29 is 4.74 Å². The molecule has 3 nitrogen and oxygen atoms in total. The predicted octanol–water partition coefficient (Wildman–Crippen LogP) is 2.12. The van der Waals surface area contributed by atoms with Gasteiger partial charge in [-0.25, -0.2) is 0 Å². The third-order valence-corrected chi connectivity index (χ3v) is 2.46. The van der Waals surface area contributed by atoms with E-state index < -0.39 is 0 Å². The summed E-state index contributed by atoms with van der Waals surface area (Å²) in [5, 5.41) is 0. The number of hydrogen-bond donors (Lipinski definition) is 0. The van der Waals surface area contributed by atoms with E-state index >= 15 is 0 Å². The van der Waals surface area contributed by atoms with Crippen LogP contribution in [0.25, 0.3) is 5.57 Å². The Kier molecular flexibility index (Phi) is 5.19. The molecule has 1 aromatic carbocycles. The van der Waals surface area contributed by atoms with E-state index in [-0.39, 0.29) is 6.23 Å². The highest BCUT2D eigenvalue weighted by molar-refractivity contribution is 5.68. The number of likely N-dealkylation sites (N-methyl/N-ethyl adjacent to an activating group) is 1. The molecule has 0 aliphatic heterocycles. The SMILES string of the molecule is COC(/C(=C/N(C)C)c1ccccc1)N(C)C. The largest absolute Gasteiger partial charge is 0.383 e. The fraction of sp³-hybridized carbons (Fsp3) is 0.429. The Balaban J connectivity index is 3.13. The summed E-state index contributed by atoms with van der Waals surface area (Å²) in [6, 6.07) is 10.3. The lowest BCUT2D eigenvalue weighted by molar-refractivity contribution is 0.0415. The second-order valence-electron chi connectivity index (χ2n) is 4.47. The first kappa shape index (κ1) is 13.7. The topological polar surface area (TPSA) is 15.7 Å². The molecule has 0 fully saturated rings. The van der Waals surface area contributed by atoms with Crippen LogP contribution in [0.3, 0.4) is 0 Å². The van der Waals surface area contributed by atoms with E-state index in [2.05, 4.69) is 23.2 Å². The number of ether oxygens (including phenoxy) is 1. The Bertz CT molecular complexity index is 358. The molecule has 0 radical (unpaired) electrons. The number of methoxy groups -OCH3 is 1. The van der Waals surface area contributed by atoms with Crippen molar-refractivity contribution in [2.75, 3.05) is 35.3 Å². The summed E-state index contributed by atoms with van der Waals surface area (Å²) in [5.74, 6) is 0. The zero-order valence-electron chi connectivity index (χ0n) is 11.3. The summed E-state index contributed by atoms with van der Waals surface area (Å²) in [5.41, 5.74) is 2.34. The van der Waals surface area contributed by atoms with Gasteiger partial charge < -0.3 is 9.64 Å². The van der Waals surface area contributed by atoms with Gasteiger partial charge in [-0.15, -0.1) is 0 Å². The zero-order chi connectivity index (χ0) is 12.8. The molecule has 0 spiro atoms. The molecule has 1 atom stereocenters. The monoisotopic (exact) mass is 234 g/mol. The van der Waals surface area contributed by atoms with E-state index in [1.807, 2.05) is 51.3 Å². The summed E-state index contributed by atoms with van der Waals surface area (Å²) in [6.07, 6.45) is 2.06. The van der Waals surface area contributed by atoms with Crippen molar-refractivity contribution in [2.45, 2.75) is 6.23 Å². The number of rotatable bonds is 5. The third kappa shape index (κ3) is 3.88. The van der Waals surface area contributed by atoms with Gasteiger partial charge in [0, 0.05) is 33.0 Å². The number of hydrogen-bond acceptors (Lipinski definition) is 3. The van der Waals surface area contributed by atoms with Gasteiger partial charge >= 0.3 is 0 Å². The second-order valence-corrected chi connectivity index (χ2v) is 4.47. The van der Waals surface area contributed by atoms with Gasteiger partial charge in [0.05, 0.1) is 0 Å². The molecule has 0 aliphatic rings. The van der Waals surface area contributed by atoms with Crippen molar-refractivity contribution in [1.82, 2.24) is 9.80 Å². The Morgan fingerprint density at radius 2 is 1.71 bits per heavy atom. The molecule has 1 rings (SSSR count). The molecule has 0 aliphatic carbocycles. The highest BCUT2D eigenvalue weighted by Crippen LogP contribution is 2.21. The Morgan fingerprint density at radius 1 is 1.12 bits per heavy atom. The van der Waals surface area contributed by atoms with E-state index in [1.165, 1.54) is 5.56 Å². The second kappa shape index (κ2) is 6.42. The maximum Gasteiger partial charge on any atom is 0.137 e. The molecule has 1 aromatic rings. The molecule has 0 aromatic heterocycles. The summed E-state index contributed by atoms with van der Waals surface area (Å²) in [7, 11) is 9.80. The van der Waals surface area contributed by atoms with Crippen molar-refractivity contribution in [3.05, 3.63) is 42.1 Å². The molecule has 94 valence electrons. The Morgan fingerprint density at radius 3 is 2.12 bits per heavy atom. The summed E-state index contributed by atoms with van der Waals surface area (Å²) in [4.78, 5) is 4.10. The fourth-order valence-electron chi connectivity index (χ4n) is 1.81. The first-order valence-corrected chi connectivity index (χ1v) is 5.69. The van der Waals surface area contributed by atoms with Crippen LogP contribution in [0.5, 0.6) is 0 Å². The lowest BCUT2D eigenvalue weighted by Crippen LogP contribution is -2.31. The zero-order valence-corrected chi connectivity index (χ0v) is 11.3. The minimum Gasteiger partial charge on any atom is -0.383 e. The van der Waals surface area contributed by atoms with Gasteiger partial charge in [0.2, 0.25) is 0 Å². The van der Waals surface area contributed by atoms with Crippen molar-refractivity contribution in [3.8, 4) is 0 Å². The summed E-state index contributed by atoms with van der Waals surface area (Å²) >= 11 is 0. The quantitative estimate of drug-likeness (QED) is 0.726. The van der Waals surface area contributed by atoms with Crippen LogP contribution in [-0.4, -0.2) is 51.3 Å². The normalized spacial score (nSPS) is 13.9. The van der Waals surface area contributed by atoms with Crippen LogP contribution < -0.4 is 0 Å². The summed E-state index contributed by atoms with van der Waals surface area (Å²) < 4.78 is 5.56. The average molecular weight is 234 g/mol.